The summed E-state index contributed by atoms with van der Waals surface area (Å²) in [4.78, 5) is 4.42. The van der Waals surface area contributed by atoms with Gasteiger partial charge in [-0.15, -0.1) is 0 Å². The van der Waals surface area contributed by atoms with E-state index in [0.29, 0.717) is 0 Å². The molecular weight excluding hydrogens is 164 g/mol. The number of aromatic nitrogens is 1. The Morgan fingerprint density at radius 1 is 1.46 bits per heavy atom. The van der Waals surface area contributed by atoms with E-state index in [1.165, 1.54) is 0 Å². The molecule has 0 aromatic carbocycles. The highest BCUT2D eigenvalue weighted by atomic mass is 16.4. The molecule has 13 heavy (non-hydrogen) atoms. The molecule has 1 aromatic rings. The van der Waals surface area contributed by atoms with Crippen molar-refractivity contribution in [3.8, 4) is 0 Å². The van der Waals surface area contributed by atoms with Crippen LogP contribution in [0.4, 0.5) is 0 Å². The van der Waals surface area contributed by atoms with Gasteiger partial charge in [0.2, 0.25) is 5.89 Å². The Labute approximate surface area is 78.3 Å². The van der Waals surface area contributed by atoms with Gasteiger partial charge in [-0.3, -0.25) is 0 Å². The van der Waals surface area contributed by atoms with Gasteiger partial charge in [0.25, 0.3) is 0 Å². The zero-order valence-electron chi connectivity index (χ0n) is 8.42. The number of hydrogen-bond acceptors (Lipinski definition) is 3. The maximum absolute atomic E-state index is 5.92. The first kappa shape index (κ1) is 8.75. The Morgan fingerprint density at radius 2 is 2.08 bits per heavy atom. The highest BCUT2D eigenvalue weighted by Crippen LogP contribution is 2.50. The van der Waals surface area contributed by atoms with E-state index in [2.05, 4.69) is 4.98 Å². The molecule has 3 heteroatoms. The minimum atomic E-state index is 0.0546. The third-order valence-electron chi connectivity index (χ3n) is 3.11. The van der Waals surface area contributed by atoms with Gasteiger partial charge in [-0.1, -0.05) is 0 Å². The second kappa shape index (κ2) is 2.58. The van der Waals surface area contributed by atoms with Gasteiger partial charge >= 0.3 is 0 Å². The van der Waals surface area contributed by atoms with Crippen molar-refractivity contribution in [2.75, 3.05) is 0 Å². The van der Waals surface area contributed by atoms with E-state index in [9.17, 15) is 0 Å². The Morgan fingerprint density at radius 3 is 2.38 bits per heavy atom. The van der Waals surface area contributed by atoms with Crippen LogP contribution in [-0.2, 0) is 5.41 Å². The van der Waals surface area contributed by atoms with Gasteiger partial charge in [0.05, 0.1) is 11.1 Å². The Hall–Kier alpha value is -0.830. The molecule has 1 unspecified atom stereocenters. The highest BCUT2D eigenvalue weighted by molar-refractivity contribution is 5.22. The zero-order valence-corrected chi connectivity index (χ0v) is 8.42. The van der Waals surface area contributed by atoms with E-state index in [1.54, 1.807) is 0 Å². The molecule has 72 valence electrons. The number of rotatable bonds is 2. The second-order valence-electron chi connectivity index (χ2n) is 4.11. The molecule has 1 aliphatic rings. The van der Waals surface area contributed by atoms with Crippen LogP contribution >= 0.6 is 0 Å². The van der Waals surface area contributed by atoms with E-state index >= 15 is 0 Å². The number of nitrogens with two attached hydrogens (primary N) is 1. The number of nitrogens with zero attached hydrogens (tertiary/aromatic N) is 1. The molecule has 1 atom stereocenters. The normalized spacial score (nSPS) is 21.5. The molecule has 0 aliphatic heterocycles. The number of aryl methyl sites for hydroxylation is 2. The lowest BCUT2D eigenvalue weighted by Crippen LogP contribution is -2.31. The van der Waals surface area contributed by atoms with Crippen molar-refractivity contribution in [3.63, 3.8) is 0 Å². The van der Waals surface area contributed by atoms with Crippen molar-refractivity contribution in [1.82, 2.24) is 4.98 Å². The van der Waals surface area contributed by atoms with Crippen LogP contribution in [0.5, 0.6) is 0 Å². The number of oxazole rings is 1. The van der Waals surface area contributed by atoms with Crippen molar-refractivity contribution in [2.45, 2.75) is 45.1 Å². The van der Waals surface area contributed by atoms with Crippen molar-refractivity contribution < 1.29 is 4.42 Å². The summed E-state index contributed by atoms with van der Waals surface area (Å²) in [7, 11) is 0. The molecule has 3 nitrogen and oxygen atoms in total. The maximum Gasteiger partial charge on any atom is 0.202 e. The molecule has 2 N–H and O–H groups in total. The van der Waals surface area contributed by atoms with E-state index in [1.807, 2.05) is 20.8 Å². The summed E-state index contributed by atoms with van der Waals surface area (Å²) in [6.45, 7) is 5.95. The first-order chi connectivity index (χ1) is 6.06. The molecule has 1 heterocycles. The van der Waals surface area contributed by atoms with Crippen LogP contribution in [0.15, 0.2) is 4.42 Å². The molecule has 0 spiro atoms. The highest BCUT2D eigenvalue weighted by Gasteiger charge is 2.51. The summed E-state index contributed by atoms with van der Waals surface area (Å²) < 4.78 is 5.61. The van der Waals surface area contributed by atoms with Crippen molar-refractivity contribution >= 4 is 0 Å². The lowest BCUT2D eigenvalue weighted by molar-refractivity contribution is 0.386. The maximum atomic E-state index is 5.92. The summed E-state index contributed by atoms with van der Waals surface area (Å²) >= 11 is 0. The molecule has 1 fully saturated rings. The molecular formula is C10H16N2O. The van der Waals surface area contributed by atoms with Gasteiger partial charge in [-0.2, -0.15) is 0 Å². The molecule has 0 amide bonds. The van der Waals surface area contributed by atoms with Crippen LogP contribution in [0.25, 0.3) is 0 Å². The topological polar surface area (TPSA) is 52.0 Å². The fourth-order valence-corrected chi connectivity index (χ4v) is 1.68. The lowest BCUT2D eigenvalue weighted by Gasteiger charge is -2.14. The van der Waals surface area contributed by atoms with Crippen molar-refractivity contribution in [1.29, 1.82) is 0 Å². The zero-order chi connectivity index (χ0) is 9.64. The van der Waals surface area contributed by atoms with Gasteiger partial charge in [-0.05, 0) is 33.6 Å². The molecule has 0 bridgehead atoms. The molecule has 0 saturated heterocycles. The summed E-state index contributed by atoms with van der Waals surface area (Å²) in [5.74, 6) is 1.76. The van der Waals surface area contributed by atoms with Crippen LogP contribution in [0.2, 0.25) is 0 Å². The molecule has 1 aromatic heterocycles. The van der Waals surface area contributed by atoms with Crippen LogP contribution in [0.1, 0.15) is 37.1 Å². The van der Waals surface area contributed by atoms with E-state index in [-0.39, 0.29) is 11.5 Å². The summed E-state index contributed by atoms with van der Waals surface area (Å²) in [6.07, 6.45) is 2.23. The fourth-order valence-electron chi connectivity index (χ4n) is 1.68. The standard InChI is InChI=1S/C10H16N2O/c1-6-7(2)13-9(12-6)10(4-5-10)8(3)11/h8H,4-5,11H2,1-3H3. The number of hydrogen-bond donors (Lipinski definition) is 1. The average Bonchev–Trinajstić information content (AvgIpc) is 2.77. The first-order valence-corrected chi connectivity index (χ1v) is 4.76. The predicted molar refractivity (Wildman–Crippen MR) is 50.5 cm³/mol. The quantitative estimate of drug-likeness (QED) is 0.753. The SMILES string of the molecule is Cc1nc(C2(C(C)N)CC2)oc1C. The van der Waals surface area contributed by atoms with Gasteiger partial charge < -0.3 is 10.2 Å². The second-order valence-corrected chi connectivity index (χ2v) is 4.11. The minimum absolute atomic E-state index is 0.0546. The minimum Gasteiger partial charge on any atom is -0.445 e. The summed E-state index contributed by atoms with van der Waals surface area (Å²) in [6, 6.07) is 0.143. The molecule has 1 aliphatic carbocycles. The Kier molecular flexibility index (Phi) is 1.74. The van der Waals surface area contributed by atoms with E-state index in [4.69, 9.17) is 10.2 Å². The average molecular weight is 180 g/mol. The largest absolute Gasteiger partial charge is 0.445 e. The van der Waals surface area contributed by atoms with Crippen molar-refractivity contribution in [2.24, 2.45) is 5.73 Å². The lowest BCUT2D eigenvalue weighted by atomic mass is 9.99. The third-order valence-corrected chi connectivity index (χ3v) is 3.11. The van der Waals surface area contributed by atoms with Gasteiger partial charge in [0.1, 0.15) is 5.76 Å². The van der Waals surface area contributed by atoms with Gasteiger partial charge in [0, 0.05) is 6.04 Å². The van der Waals surface area contributed by atoms with Gasteiger partial charge in [0.15, 0.2) is 0 Å². The summed E-state index contributed by atoms with van der Waals surface area (Å²) in [5, 5.41) is 0. The molecule has 2 rings (SSSR count). The predicted octanol–water partition coefficient (Wildman–Crippen LogP) is 1.67. The van der Waals surface area contributed by atoms with Crippen LogP contribution in [-0.4, -0.2) is 11.0 Å². The third kappa shape index (κ3) is 1.18. The van der Waals surface area contributed by atoms with E-state index in [0.717, 1.165) is 30.2 Å². The fraction of sp³-hybridized carbons (Fsp3) is 0.700. The Bertz CT molecular complexity index is 304. The van der Waals surface area contributed by atoms with E-state index < -0.39 is 0 Å². The smallest absolute Gasteiger partial charge is 0.202 e. The first-order valence-electron chi connectivity index (χ1n) is 4.76. The van der Waals surface area contributed by atoms with Gasteiger partial charge in [-0.25, -0.2) is 4.98 Å². The van der Waals surface area contributed by atoms with Crippen LogP contribution in [0.3, 0.4) is 0 Å². The Balaban J connectivity index is 2.36. The molecule has 1 saturated carbocycles. The van der Waals surface area contributed by atoms with Crippen LogP contribution < -0.4 is 5.73 Å². The monoisotopic (exact) mass is 180 g/mol. The summed E-state index contributed by atoms with van der Waals surface area (Å²) in [5.41, 5.74) is 6.97. The van der Waals surface area contributed by atoms with Crippen LogP contribution in [0, 0.1) is 13.8 Å². The van der Waals surface area contributed by atoms with Crippen molar-refractivity contribution in [3.05, 3.63) is 17.3 Å². The molecule has 0 radical (unpaired) electrons.